The maximum Gasteiger partial charge on any atom is 0.573 e. The zero-order chi connectivity index (χ0) is 31.2. The highest BCUT2D eigenvalue weighted by Gasteiger charge is 2.36. The Morgan fingerprint density at radius 3 is 2.33 bits per heavy atom. The van der Waals surface area contributed by atoms with Crippen LogP contribution in [0.4, 0.5) is 18.9 Å². The zero-order valence-corrected chi connectivity index (χ0v) is 24.1. The lowest BCUT2D eigenvalue weighted by molar-refractivity contribution is -0.274. The second-order valence-electron chi connectivity index (χ2n) is 10.9. The van der Waals surface area contributed by atoms with E-state index in [1.165, 1.54) is 24.3 Å². The lowest BCUT2D eigenvalue weighted by atomic mass is 9.73. The van der Waals surface area contributed by atoms with Gasteiger partial charge in [0.1, 0.15) is 17.3 Å². The van der Waals surface area contributed by atoms with Crippen LogP contribution in [0.5, 0.6) is 11.5 Å². The second kappa shape index (κ2) is 15.2. The lowest BCUT2D eigenvalue weighted by Crippen LogP contribution is -2.34. The molecule has 0 bridgehead atoms. The number of carbonyl (C=O) groups excluding carboxylic acids is 3. The fraction of sp³-hybridized carbons (Fsp3) is 0.500. The largest absolute Gasteiger partial charge is 0.573 e. The van der Waals surface area contributed by atoms with Gasteiger partial charge in [0, 0.05) is 41.6 Å². The van der Waals surface area contributed by atoms with E-state index in [1.807, 2.05) is 19.0 Å². The number of aryl methyl sites for hydroxylation is 2. The third kappa shape index (κ3) is 9.40. The normalized spacial score (nSPS) is 16.1. The Hall–Kier alpha value is -3.68. The van der Waals surface area contributed by atoms with Gasteiger partial charge in [0.25, 0.3) is 0 Å². The molecule has 242 valence electrons. The number of carbonyl (C=O) groups is 3. The van der Waals surface area contributed by atoms with Crippen LogP contribution in [0.1, 0.15) is 55.6 Å². The van der Waals surface area contributed by atoms with Crippen molar-refractivity contribution in [1.29, 1.82) is 0 Å². The number of phenols is 1. The molecule has 0 fully saturated rings. The van der Waals surface area contributed by atoms with Crippen LogP contribution in [0.25, 0.3) is 0 Å². The summed E-state index contributed by atoms with van der Waals surface area (Å²) < 4.78 is 41.2. The van der Waals surface area contributed by atoms with Crippen LogP contribution in [-0.4, -0.2) is 71.9 Å². The predicted molar refractivity (Wildman–Crippen MR) is 156 cm³/mol. The number of amides is 1. The highest BCUT2D eigenvalue weighted by Crippen LogP contribution is 2.42. The minimum absolute atomic E-state index is 0. The number of primary amides is 1. The molecule has 1 amide bonds. The number of nitrogens with zero attached hydrogens (tertiary/aromatic N) is 1. The number of fused-ring (bicyclic) bond motifs is 1. The fourth-order valence-corrected chi connectivity index (χ4v) is 5.77. The average Bonchev–Trinajstić information content (AvgIpc) is 2.88. The van der Waals surface area contributed by atoms with Gasteiger partial charge in [-0.2, -0.15) is 0 Å². The van der Waals surface area contributed by atoms with Crippen LogP contribution in [0, 0.1) is 17.8 Å². The van der Waals surface area contributed by atoms with Gasteiger partial charge in [-0.05, 0) is 78.8 Å². The summed E-state index contributed by atoms with van der Waals surface area (Å²) >= 11 is 0. The minimum Gasteiger partial charge on any atom is -0.507 e. The van der Waals surface area contributed by atoms with Gasteiger partial charge >= 0.3 is 6.36 Å². The van der Waals surface area contributed by atoms with Crippen molar-refractivity contribution in [3.05, 3.63) is 52.6 Å². The van der Waals surface area contributed by atoms with E-state index in [2.05, 4.69) is 4.74 Å². The molecule has 3 unspecified atom stereocenters. The van der Waals surface area contributed by atoms with Gasteiger partial charge in [-0.25, -0.2) is 0 Å². The van der Waals surface area contributed by atoms with E-state index < -0.39 is 42.9 Å². The topological polar surface area (TPSA) is 182 Å². The van der Waals surface area contributed by atoms with Crippen molar-refractivity contribution < 1.29 is 55.9 Å². The maximum atomic E-state index is 13.4. The third-order valence-electron chi connectivity index (χ3n) is 7.69. The van der Waals surface area contributed by atoms with Crippen molar-refractivity contribution in [3.63, 3.8) is 0 Å². The number of hydrogen-bond donors (Lipinski definition) is 4. The van der Waals surface area contributed by atoms with Crippen molar-refractivity contribution in [1.82, 2.24) is 0 Å². The summed E-state index contributed by atoms with van der Waals surface area (Å²) in [7, 11) is 3.62. The molecule has 0 radical (unpaired) electrons. The first-order valence-electron chi connectivity index (χ1n) is 13.7. The van der Waals surface area contributed by atoms with Gasteiger partial charge in [-0.1, -0.05) is 12.1 Å². The summed E-state index contributed by atoms with van der Waals surface area (Å²) in [5, 5.41) is 30.7. The molecular formula is C30H43F3N2O8. The molecule has 0 aromatic heterocycles. The molecule has 3 rings (SSSR count). The van der Waals surface area contributed by atoms with E-state index in [4.69, 9.17) is 5.73 Å². The van der Waals surface area contributed by atoms with E-state index in [1.54, 1.807) is 6.07 Å². The van der Waals surface area contributed by atoms with Crippen LogP contribution in [0.3, 0.4) is 0 Å². The number of rotatable bonds is 14. The fourth-order valence-electron chi connectivity index (χ4n) is 5.77. The van der Waals surface area contributed by atoms with Crippen molar-refractivity contribution in [3.8, 4) is 11.5 Å². The summed E-state index contributed by atoms with van der Waals surface area (Å²) in [6.45, 7) is -0.757. The van der Waals surface area contributed by atoms with Gasteiger partial charge in [0.15, 0.2) is 5.78 Å². The number of ketones is 2. The number of hydrogen-bond acceptors (Lipinski definition) is 8. The Bertz CT molecular complexity index is 1290. The van der Waals surface area contributed by atoms with E-state index in [-0.39, 0.29) is 56.5 Å². The quantitative estimate of drug-likeness (QED) is 0.234. The van der Waals surface area contributed by atoms with Gasteiger partial charge in [0.2, 0.25) is 5.91 Å². The molecule has 13 heteroatoms. The molecular weight excluding hydrogens is 573 g/mol. The molecule has 10 nitrogen and oxygen atoms in total. The van der Waals surface area contributed by atoms with Crippen LogP contribution in [0.15, 0.2) is 30.3 Å². The lowest BCUT2D eigenvalue weighted by Gasteiger charge is -2.33. The number of Topliss-reactive ketones (excluding diaryl/α,β-unsaturated/α-hetero) is 2. The standard InChI is InChI=1S/C30H37F3N2O7.H2O.2H2/c1-35(2)24-14-20(6-3-17-4-7-21(8-5-17)42-30(31,32)33)29(41)28-22(24)12-18(13-26(28)39)11-19(9-10-36)23(16-37)25(38)15-27(34)40;;;/h4-5,7-8,14,18-19,23,36-37,41H,3,6,9-13,15-16H2,1-2H3,(H2,34,40);1H2;2*1H. The summed E-state index contributed by atoms with van der Waals surface area (Å²) in [4.78, 5) is 39.1. The molecule has 0 heterocycles. The number of anilines is 1. The highest BCUT2D eigenvalue weighted by molar-refractivity contribution is 6.03. The molecule has 3 atom stereocenters. The number of phenolic OH excluding ortho intramolecular Hbond substituents is 1. The van der Waals surface area contributed by atoms with Gasteiger partial charge in [0.05, 0.1) is 18.6 Å². The Labute approximate surface area is 250 Å². The molecule has 0 spiro atoms. The Morgan fingerprint density at radius 1 is 1.14 bits per heavy atom. The van der Waals surface area contributed by atoms with E-state index in [0.717, 1.165) is 11.3 Å². The van der Waals surface area contributed by atoms with Crippen LogP contribution < -0.4 is 15.4 Å². The number of aromatic hydroxyl groups is 1. The first-order valence-corrected chi connectivity index (χ1v) is 13.7. The Balaban J connectivity index is 0.00000645. The Kier molecular flexibility index (Phi) is 12.5. The van der Waals surface area contributed by atoms with Crippen molar-refractivity contribution in [2.75, 3.05) is 32.2 Å². The first-order chi connectivity index (χ1) is 19.7. The summed E-state index contributed by atoms with van der Waals surface area (Å²) in [6, 6.07) is 7.25. The minimum atomic E-state index is -4.78. The number of nitrogens with two attached hydrogens (primary N) is 1. The molecule has 1 aliphatic carbocycles. The summed E-state index contributed by atoms with van der Waals surface area (Å²) in [6.07, 6.45) is -3.55. The molecule has 1 aliphatic rings. The maximum absolute atomic E-state index is 13.4. The first kappa shape index (κ1) is 35.5. The SMILES string of the molecule is CN(C)c1cc(CCc2ccc(OC(F)(F)F)cc2)c(O)c2c1CC(CC(CCO)C(CO)C(=O)CC(N)=O)CC2=O.O.[HH].[HH]. The predicted octanol–water partition coefficient (Wildman–Crippen LogP) is 3.00. The molecule has 7 N–H and O–H groups in total. The number of aliphatic hydroxyl groups excluding tert-OH is 2. The number of benzene rings is 2. The summed E-state index contributed by atoms with van der Waals surface area (Å²) in [5.41, 5.74) is 8.02. The van der Waals surface area contributed by atoms with Gasteiger partial charge < -0.3 is 36.2 Å². The van der Waals surface area contributed by atoms with Crippen LogP contribution in [-0.2, 0) is 28.9 Å². The van der Waals surface area contributed by atoms with E-state index >= 15 is 0 Å². The zero-order valence-electron chi connectivity index (χ0n) is 24.1. The van der Waals surface area contributed by atoms with Gasteiger partial charge in [-0.3, -0.25) is 14.4 Å². The number of halogens is 3. The highest BCUT2D eigenvalue weighted by atomic mass is 19.4. The molecule has 0 aliphatic heterocycles. The van der Waals surface area contributed by atoms with Crippen molar-refractivity contribution in [2.24, 2.45) is 23.5 Å². The molecule has 0 saturated heterocycles. The van der Waals surface area contributed by atoms with Gasteiger partial charge in [-0.15, -0.1) is 13.2 Å². The molecule has 2 aromatic carbocycles. The van der Waals surface area contributed by atoms with Crippen LogP contribution in [0.2, 0.25) is 0 Å². The monoisotopic (exact) mass is 616 g/mol. The van der Waals surface area contributed by atoms with Crippen LogP contribution >= 0.6 is 0 Å². The molecule has 0 saturated carbocycles. The number of ether oxygens (including phenoxy) is 1. The second-order valence-corrected chi connectivity index (χ2v) is 10.9. The smallest absolute Gasteiger partial charge is 0.507 e. The van der Waals surface area contributed by atoms with E-state index in [0.29, 0.717) is 36.8 Å². The number of alkyl halides is 3. The summed E-state index contributed by atoms with van der Waals surface area (Å²) in [5.74, 6) is -3.67. The third-order valence-corrected chi connectivity index (χ3v) is 7.69. The van der Waals surface area contributed by atoms with Crippen molar-refractivity contribution >= 4 is 23.2 Å². The molecule has 2 aromatic rings. The van der Waals surface area contributed by atoms with Crippen molar-refractivity contribution in [2.45, 2.75) is 51.3 Å². The number of aliphatic hydroxyl groups is 2. The average molecular weight is 617 g/mol. The molecule has 43 heavy (non-hydrogen) atoms. The van der Waals surface area contributed by atoms with E-state index in [9.17, 15) is 42.9 Å². The Morgan fingerprint density at radius 2 is 1.79 bits per heavy atom.